The van der Waals surface area contributed by atoms with Crippen molar-refractivity contribution >= 4 is 39.9 Å². The third-order valence-corrected chi connectivity index (χ3v) is 3.92. The van der Waals surface area contributed by atoms with Gasteiger partial charge in [0.15, 0.2) is 6.61 Å². The summed E-state index contributed by atoms with van der Waals surface area (Å²) in [7, 11) is 0. The molecular formula is C21H18N2O5. The maximum Gasteiger partial charge on any atom is 0.342 e. The predicted octanol–water partition coefficient (Wildman–Crippen LogP) is 3.30. The van der Waals surface area contributed by atoms with Gasteiger partial charge < -0.3 is 20.5 Å². The quantitative estimate of drug-likeness (QED) is 0.591. The van der Waals surface area contributed by atoms with E-state index in [-0.39, 0.29) is 17.2 Å². The van der Waals surface area contributed by atoms with Crippen LogP contribution in [0.1, 0.15) is 17.3 Å². The Hall–Kier alpha value is -3.87. The Morgan fingerprint density at radius 3 is 2.39 bits per heavy atom. The van der Waals surface area contributed by atoms with Crippen LogP contribution in [0.4, 0.5) is 11.4 Å². The number of aromatic hydroxyl groups is 1. The highest BCUT2D eigenvalue weighted by Crippen LogP contribution is 2.29. The Balaban J connectivity index is 1.62. The minimum Gasteiger partial charge on any atom is -0.506 e. The maximum atomic E-state index is 12.2. The van der Waals surface area contributed by atoms with Crippen LogP contribution < -0.4 is 10.6 Å². The molecule has 7 nitrogen and oxygen atoms in total. The summed E-state index contributed by atoms with van der Waals surface area (Å²) >= 11 is 0. The molecular weight excluding hydrogens is 360 g/mol. The number of anilines is 2. The van der Waals surface area contributed by atoms with E-state index in [1.165, 1.54) is 13.0 Å². The van der Waals surface area contributed by atoms with Crippen LogP contribution in [0.15, 0.2) is 60.7 Å². The fourth-order valence-corrected chi connectivity index (χ4v) is 2.70. The lowest BCUT2D eigenvalue weighted by Crippen LogP contribution is -2.21. The van der Waals surface area contributed by atoms with Crippen molar-refractivity contribution in [2.24, 2.45) is 0 Å². The number of rotatable bonds is 5. The smallest absolute Gasteiger partial charge is 0.342 e. The number of carbonyl (C=O) groups excluding carboxylic acids is 3. The van der Waals surface area contributed by atoms with Gasteiger partial charge in [-0.05, 0) is 29.7 Å². The third kappa shape index (κ3) is 4.45. The Kier molecular flexibility index (Phi) is 5.55. The van der Waals surface area contributed by atoms with Gasteiger partial charge in [0, 0.05) is 23.7 Å². The number of fused-ring (bicyclic) bond motifs is 1. The van der Waals surface area contributed by atoms with E-state index in [4.69, 9.17) is 4.74 Å². The number of hydrogen-bond acceptors (Lipinski definition) is 5. The zero-order chi connectivity index (χ0) is 20.1. The summed E-state index contributed by atoms with van der Waals surface area (Å²) in [6, 6.07) is 16.8. The zero-order valence-electron chi connectivity index (χ0n) is 15.1. The second-order valence-corrected chi connectivity index (χ2v) is 6.07. The molecule has 0 atom stereocenters. The van der Waals surface area contributed by atoms with Gasteiger partial charge in [-0.25, -0.2) is 4.79 Å². The number of phenolic OH excluding ortho intramolecular Hbond substituents is 1. The molecule has 0 aliphatic carbocycles. The third-order valence-electron chi connectivity index (χ3n) is 3.92. The molecule has 3 N–H and O–H groups in total. The summed E-state index contributed by atoms with van der Waals surface area (Å²) in [4.78, 5) is 35.4. The zero-order valence-corrected chi connectivity index (χ0v) is 15.1. The lowest BCUT2D eigenvalue weighted by molar-refractivity contribution is -0.119. The second kappa shape index (κ2) is 8.22. The Labute approximate surface area is 160 Å². The van der Waals surface area contributed by atoms with E-state index in [1.807, 2.05) is 12.1 Å². The van der Waals surface area contributed by atoms with Crippen molar-refractivity contribution < 1.29 is 24.2 Å². The molecule has 0 aliphatic rings. The van der Waals surface area contributed by atoms with Gasteiger partial charge in [0.1, 0.15) is 11.3 Å². The molecule has 2 amide bonds. The summed E-state index contributed by atoms with van der Waals surface area (Å²) in [5.74, 6) is -1.77. The highest BCUT2D eigenvalue weighted by atomic mass is 16.5. The van der Waals surface area contributed by atoms with Gasteiger partial charge in [-0.15, -0.1) is 0 Å². The van der Waals surface area contributed by atoms with Crippen molar-refractivity contribution in [3.05, 3.63) is 66.2 Å². The molecule has 0 aliphatic heterocycles. The van der Waals surface area contributed by atoms with Crippen molar-refractivity contribution in [1.29, 1.82) is 0 Å². The molecule has 0 spiro atoms. The van der Waals surface area contributed by atoms with Crippen molar-refractivity contribution in [2.45, 2.75) is 6.92 Å². The molecule has 28 heavy (non-hydrogen) atoms. The summed E-state index contributed by atoms with van der Waals surface area (Å²) in [6.07, 6.45) is 0. The lowest BCUT2D eigenvalue weighted by atomic mass is 10.1. The molecule has 0 saturated heterocycles. The van der Waals surface area contributed by atoms with Crippen LogP contribution in [0.3, 0.4) is 0 Å². The first-order chi connectivity index (χ1) is 13.4. The minimum absolute atomic E-state index is 0.0147. The summed E-state index contributed by atoms with van der Waals surface area (Å²) in [5, 5.41) is 16.8. The molecule has 0 radical (unpaired) electrons. The van der Waals surface area contributed by atoms with E-state index in [0.717, 1.165) is 5.39 Å². The second-order valence-electron chi connectivity index (χ2n) is 6.07. The molecule has 7 heteroatoms. The molecule has 3 aromatic rings. The van der Waals surface area contributed by atoms with Gasteiger partial charge in [-0.1, -0.05) is 36.4 Å². The van der Waals surface area contributed by atoms with E-state index in [2.05, 4.69) is 10.6 Å². The molecule has 3 aromatic carbocycles. The Bertz CT molecular complexity index is 1060. The molecule has 0 unspecified atom stereocenters. The molecule has 0 aromatic heterocycles. The fourth-order valence-electron chi connectivity index (χ4n) is 2.70. The van der Waals surface area contributed by atoms with Crippen LogP contribution >= 0.6 is 0 Å². The van der Waals surface area contributed by atoms with Gasteiger partial charge in [-0.2, -0.15) is 0 Å². The molecule has 3 rings (SSSR count). The Morgan fingerprint density at radius 2 is 1.64 bits per heavy atom. The average Bonchev–Trinajstić information content (AvgIpc) is 2.66. The van der Waals surface area contributed by atoms with Crippen LogP contribution in [-0.4, -0.2) is 29.5 Å². The Morgan fingerprint density at radius 1 is 0.929 bits per heavy atom. The first kappa shape index (κ1) is 18.9. The van der Waals surface area contributed by atoms with Crippen molar-refractivity contribution in [1.82, 2.24) is 0 Å². The van der Waals surface area contributed by atoms with Crippen LogP contribution in [0.25, 0.3) is 10.8 Å². The van der Waals surface area contributed by atoms with E-state index in [1.54, 1.807) is 42.5 Å². The number of esters is 1. The van der Waals surface area contributed by atoms with Crippen molar-refractivity contribution in [3.8, 4) is 5.75 Å². The van der Waals surface area contributed by atoms with Crippen LogP contribution in [-0.2, 0) is 14.3 Å². The summed E-state index contributed by atoms with van der Waals surface area (Å²) in [5.41, 5.74) is 0.961. The topological polar surface area (TPSA) is 105 Å². The lowest BCUT2D eigenvalue weighted by Gasteiger charge is -2.10. The van der Waals surface area contributed by atoms with Gasteiger partial charge in [0.25, 0.3) is 5.91 Å². The number of carbonyl (C=O) groups is 3. The number of phenols is 1. The SMILES string of the molecule is CC(=O)Nc1cccc(NC(=O)COC(=O)c2ccc3ccccc3c2O)c1. The monoisotopic (exact) mass is 378 g/mol. The first-order valence-electron chi connectivity index (χ1n) is 8.49. The number of ether oxygens (including phenoxy) is 1. The number of hydrogen-bond donors (Lipinski definition) is 3. The van der Waals surface area contributed by atoms with Crippen LogP contribution in [0.2, 0.25) is 0 Å². The van der Waals surface area contributed by atoms with E-state index in [0.29, 0.717) is 16.8 Å². The van der Waals surface area contributed by atoms with E-state index < -0.39 is 18.5 Å². The molecule has 142 valence electrons. The van der Waals surface area contributed by atoms with Gasteiger partial charge >= 0.3 is 5.97 Å². The van der Waals surface area contributed by atoms with Crippen LogP contribution in [0, 0.1) is 0 Å². The van der Waals surface area contributed by atoms with Gasteiger partial charge in [-0.3, -0.25) is 9.59 Å². The van der Waals surface area contributed by atoms with Gasteiger partial charge in [0.05, 0.1) is 0 Å². The molecule has 0 bridgehead atoms. The highest BCUT2D eigenvalue weighted by molar-refractivity contribution is 6.02. The predicted molar refractivity (Wildman–Crippen MR) is 105 cm³/mol. The normalized spacial score (nSPS) is 10.3. The van der Waals surface area contributed by atoms with E-state index >= 15 is 0 Å². The molecule has 0 saturated carbocycles. The number of benzene rings is 3. The largest absolute Gasteiger partial charge is 0.506 e. The molecule has 0 fully saturated rings. The molecule has 0 heterocycles. The van der Waals surface area contributed by atoms with Gasteiger partial charge in [0.2, 0.25) is 5.91 Å². The minimum atomic E-state index is -0.801. The number of nitrogens with one attached hydrogen (secondary N) is 2. The van der Waals surface area contributed by atoms with Crippen LogP contribution in [0.5, 0.6) is 5.75 Å². The summed E-state index contributed by atoms with van der Waals surface area (Å²) in [6.45, 7) is 0.863. The first-order valence-corrected chi connectivity index (χ1v) is 8.49. The standard InChI is InChI=1S/C21H18N2O5/c1-13(24)22-15-6-4-7-16(11-15)23-19(25)12-28-21(27)18-10-9-14-5-2-3-8-17(14)20(18)26/h2-11,26H,12H2,1H3,(H,22,24)(H,23,25). The van der Waals surface area contributed by atoms with Crippen molar-refractivity contribution in [3.63, 3.8) is 0 Å². The van der Waals surface area contributed by atoms with E-state index in [9.17, 15) is 19.5 Å². The summed E-state index contributed by atoms with van der Waals surface area (Å²) < 4.78 is 5.01. The fraction of sp³-hybridized carbons (Fsp3) is 0.0952. The van der Waals surface area contributed by atoms with Crippen molar-refractivity contribution in [2.75, 3.05) is 17.2 Å². The maximum absolute atomic E-state index is 12.2. The number of amides is 2. The highest BCUT2D eigenvalue weighted by Gasteiger charge is 2.16. The average molecular weight is 378 g/mol.